The first kappa shape index (κ1) is 13.4. The zero-order valence-electron chi connectivity index (χ0n) is 13.2. The minimum atomic E-state index is 0.892. The summed E-state index contributed by atoms with van der Waals surface area (Å²) in [4.78, 5) is 9.73. The van der Waals surface area contributed by atoms with Crippen LogP contribution >= 0.6 is 0 Å². The zero-order valence-corrected chi connectivity index (χ0v) is 13.2. The summed E-state index contributed by atoms with van der Waals surface area (Å²) in [7, 11) is 0. The van der Waals surface area contributed by atoms with E-state index in [1.807, 2.05) is 12.1 Å². The second-order valence-corrected chi connectivity index (χ2v) is 6.31. The molecule has 0 saturated heterocycles. The highest BCUT2D eigenvalue weighted by Crippen LogP contribution is 2.38. The quantitative estimate of drug-likeness (QED) is 0.633. The number of aliphatic imine (C=N–C) groups is 2. The molecule has 2 aliphatic heterocycles. The van der Waals surface area contributed by atoms with Crippen LogP contribution in [0.3, 0.4) is 0 Å². The van der Waals surface area contributed by atoms with Gasteiger partial charge in [0.05, 0.1) is 22.8 Å². The first-order chi connectivity index (χ1) is 11.9. The predicted octanol–water partition coefficient (Wildman–Crippen LogP) is 5.04. The van der Waals surface area contributed by atoms with E-state index in [1.54, 1.807) is 0 Å². The van der Waals surface area contributed by atoms with Crippen LogP contribution in [-0.2, 0) is 12.8 Å². The Morgan fingerprint density at radius 1 is 0.542 bits per heavy atom. The molecule has 0 radical (unpaired) electrons. The largest absolute Gasteiger partial charge is 0.252 e. The van der Waals surface area contributed by atoms with E-state index < -0.39 is 0 Å². The molecule has 0 spiro atoms. The Labute approximate surface area is 141 Å². The molecule has 5 rings (SSSR count). The van der Waals surface area contributed by atoms with E-state index >= 15 is 0 Å². The van der Waals surface area contributed by atoms with Crippen molar-refractivity contribution in [2.45, 2.75) is 12.8 Å². The molecular formula is C22H16N2. The topological polar surface area (TPSA) is 24.7 Å². The number of benzene rings is 3. The second-order valence-electron chi connectivity index (χ2n) is 6.31. The van der Waals surface area contributed by atoms with Crippen molar-refractivity contribution in [3.05, 3.63) is 95.1 Å². The van der Waals surface area contributed by atoms with Crippen LogP contribution in [0.5, 0.6) is 0 Å². The molecule has 3 aromatic rings. The molecule has 2 heterocycles. The predicted molar refractivity (Wildman–Crippen MR) is 99.1 cm³/mol. The van der Waals surface area contributed by atoms with Crippen LogP contribution in [0.4, 0.5) is 11.4 Å². The van der Waals surface area contributed by atoms with Crippen molar-refractivity contribution in [1.82, 2.24) is 0 Å². The van der Waals surface area contributed by atoms with Crippen LogP contribution in [0.2, 0.25) is 0 Å². The fraction of sp³-hybridized carbons (Fsp3) is 0.0909. The van der Waals surface area contributed by atoms with Crippen molar-refractivity contribution in [3.8, 4) is 0 Å². The number of hydrogen-bond donors (Lipinski definition) is 0. The maximum atomic E-state index is 4.86. The van der Waals surface area contributed by atoms with Crippen LogP contribution in [0.1, 0.15) is 22.3 Å². The van der Waals surface area contributed by atoms with Crippen molar-refractivity contribution in [2.24, 2.45) is 9.98 Å². The van der Waals surface area contributed by atoms with Gasteiger partial charge in [-0.25, -0.2) is 0 Å². The molecule has 2 nitrogen and oxygen atoms in total. The molecule has 0 aromatic heterocycles. The van der Waals surface area contributed by atoms with Gasteiger partial charge in [-0.05, 0) is 34.4 Å². The summed E-state index contributed by atoms with van der Waals surface area (Å²) in [6, 6.07) is 25.3. The molecule has 0 bridgehead atoms. The van der Waals surface area contributed by atoms with Crippen molar-refractivity contribution >= 4 is 22.8 Å². The summed E-state index contributed by atoms with van der Waals surface area (Å²) in [6.45, 7) is 0. The minimum Gasteiger partial charge on any atom is -0.252 e. The number of rotatable bonds is 2. The summed E-state index contributed by atoms with van der Waals surface area (Å²) in [5.41, 5.74) is 9.51. The smallest absolute Gasteiger partial charge is 0.0673 e. The van der Waals surface area contributed by atoms with Crippen molar-refractivity contribution in [2.75, 3.05) is 0 Å². The van der Waals surface area contributed by atoms with E-state index in [0.29, 0.717) is 0 Å². The molecule has 0 atom stereocenters. The lowest BCUT2D eigenvalue weighted by atomic mass is 10.0. The average Bonchev–Trinajstić information content (AvgIpc) is 3.24. The highest BCUT2D eigenvalue weighted by atomic mass is 14.8. The molecule has 0 saturated carbocycles. The van der Waals surface area contributed by atoms with Gasteiger partial charge in [0.1, 0.15) is 0 Å². The molecule has 2 heteroatoms. The number of nitrogens with zero attached hydrogens (tertiary/aromatic N) is 2. The monoisotopic (exact) mass is 308 g/mol. The Morgan fingerprint density at radius 2 is 0.958 bits per heavy atom. The maximum Gasteiger partial charge on any atom is 0.0673 e. The average molecular weight is 308 g/mol. The zero-order chi connectivity index (χ0) is 15.9. The fourth-order valence-corrected chi connectivity index (χ4v) is 3.48. The van der Waals surface area contributed by atoms with Gasteiger partial charge in [-0.3, -0.25) is 9.98 Å². The van der Waals surface area contributed by atoms with E-state index in [0.717, 1.165) is 35.6 Å². The third-order valence-corrected chi connectivity index (χ3v) is 4.72. The first-order valence-corrected chi connectivity index (χ1v) is 8.28. The van der Waals surface area contributed by atoms with Gasteiger partial charge in [0.2, 0.25) is 0 Å². The van der Waals surface area contributed by atoms with Crippen molar-refractivity contribution < 1.29 is 0 Å². The molecule has 0 fully saturated rings. The van der Waals surface area contributed by atoms with Crippen LogP contribution in [-0.4, -0.2) is 11.4 Å². The van der Waals surface area contributed by atoms with Gasteiger partial charge in [0.25, 0.3) is 0 Å². The van der Waals surface area contributed by atoms with E-state index in [4.69, 9.17) is 9.98 Å². The van der Waals surface area contributed by atoms with E-state index in [2.05, 4.69) is 60.7 Å². The molecular weight excluding hydrogens is 292 g/mol. The Balaban J connectivity index is 1.48. The Kier molecular flexibility index (Phi) is 2.95. The van der Waals surface area contributed by atoms with Gasteiger partial charge >= 0.3 is 0 Å². The third kappa shape index (κ3) is 2.19. The fourth-order valence-electron chi connectivity index (χ4n) is 3.48. The standard InChI is InChI=1S/C22H16N2/c1-3-7-15(8-4-1)19-11-17-13-22-18(14-21(17)23-19)12-20(24-22)16-9-5-2-6-10-16/h1-10,13-14H,11-12H2. The van der Waals surface area contributed by atoms with Gasteiger partial charge in [0, 0.05) is 12.8 Å². The lowest BCUT2D eigenvalue weighted by molar-refractivity contribution is 1.33. The lowest BCUT2D eigenvalue weighted by Crippen LogP contribution is -1.99. The van der Waals surface area contributed by atoms with Crippen LogP contribution in [0.15, 0.2) is 82.8 Å². The summed E-state index contributed by atoms with van der Waals surface area (Å²) < 4.78 is 0. The summed E-state index contributed by atoms with van der Waals surface area (Å²) in [5.74, 6) is 0. The van der Waals surface area contributed by atoms with Gasteiger partial charge in [-0.1, -0.05) is 60.7 Å². The third-order valence-electron chi connectivity index (χ3n) is 4.72. The highest BCUT2D eigenvalue weighted by molar-refractivity contribution is 6.09. The van der Waals surface area contributed by atoms with Crippen LogP contribution in [0, 0.1) is 0 Å². The SMILES string of the molecule is c1ccc(C2=Nc3cc4c(cc3C2)N=C(c2ccccc2)C4)cc1. The minimum absolute atomic E-state index is 0.892. The van der Waals surface area contributed by atoms with Crippen LogP contribution in [0.25, 0.3) is 0 Å². The first-order valence-electron chi connectivity index (χ1n) is 8.28. The van der Waals surface area contributed by atoms with Gasteiger partial charge < -0.3 is 0 Å². The van der Waals surface area contributed by atoms with Gasteiger partial charge in [-0.2, -0.15) is 0 Å². The van der Waals surface area contributed by atoms with Gasteiger partial charge in [0.15, 0.2) is 0 Å². The molecule has 0 N–H and O–H groups in total. The Morgan fingerprint density at radius 3 is 1.38 bits per heavy atom. The maximum absolute atomic E-state index is 4.86. The molecule has 114 valence electrons. The second kappa shape index (κ2) is 5.27. The summed E-state index contributed by atoms with van der Waals surface area (Å²) in [6.07, 6.45) is 1.78. The van der Waals surface area contributed by atoms with Crippen LogP contribution < -0.4 is 0 Å². The molecule has 2 aliphatic rings. The van der Waals surface area contributed by atoms with Crippen molar-refractivity contribution in [1.29, 1.82) is 0 Å². The molecule has 0 amide bonds. The summed E-state index contributed by atoms with van der Waals surface area (Å²) >= 11 is 0. The molecule has 0 aliphatic carbocycles. The molecule has 24 heavy (non-hydrogen) atoms. The normalized spacial score (nSPS) is 14.8. The molecule has 3 aromatic carbocycles. The Hall–Kier alpha value is -3.00. The van der Waals surface area contributed by atoms with Crippen molar-refractivity contribution in [3.63, 3.8) is 0 Å². The Bertz CT molecular complexity index is 900. The highest BCUT2D eigenvalue weighted by Gasteiger charge is 2.22. The number of fused-ring (bicyclic) bond motifs is 2. The lowest BCUT2D eigenvalue weighted by Gasteiger charge is -2.01. The van der Waals surface area contributed by atoms with Gasteiger partial charge in [-0.15, -0.1) is 0 Å². The summed E-state index contributed by atoms with van der Waals surface area (Å²) in [5, 5.41) is 0. The van der Waals surface area contributed by atoms with E-state index in [1.165, 1.54) is 22.3 Å². The molecule has 0 unspecified atom stereocenters. The number of hydrogen-bond acceptors (Lipinski definition) is 2. The van der Waals surface area contributed by atoms with E-state index in [-0.39, 0.29) is 0 Å². The van der Waals surface area contributed by atoms with E-state index in [9.17, 15) is 0 Å².